The molecule has 1 N–H and O–H groups in total. The predicted molar refractivity (Wildman–Crippen MR) is 76.5 cm³/mol. The van der Waals surface area contributed by atoms with Crippen LogP contribution in [-0.2, 0) is 12.7 Å². The van der Waals surface area contributed by atoms with Crippen LogP contribution in [0.4, 0.5) is 13.2 Å². The smallest absolute Gasteiger partial charge is 0.392 e. The first-order chi connectivity index (χ1) is 10.8. The topological polar surface area (TPSA) is 49.5 Å². The molecule has 0 aliphatic carbocycles. The van der Waals surface area contributed by atoms with Crippen molar-refractivity contribution in [2.24, 2.45) is 0 Å². The van der Waals surface area contributed by atoms with E-state index in [9.17, 15) is 18.3 Å². The molecule has 1 fully saturated rings. The number of alkyl halides is 3. The van der Waals surface area contributed by atoms with Gasteiger partial charge in [-0.2, -0.15) is 13.2 Å². The van der Waals surface area contributed by atoms with Gasteiger partial charge < -0.3 is 9.63 Å². The number of rotatable bonds is 3. The van der Waals surface area contributed by atoms with Gasteiger partial charge in [0.1, 0.15) is 0 Å². The maximum Gasteiger partial charge on any atom is 0.416 e. The summed E-state index contributed by atoms with van der Waals surface area (Å²) in [5, 5.41) is 13.7. The standard InChI is InChI=1S/C16H17F3N2O2/c1-10-6-12(23-20-10)9-21-8-11(22)7-15(21)13-4-2-3-5-14(13)16(17,18)19/h2-6,11,15,22H,7-9H2,1H3/t11-,15+/m0/s1. The van der Waals surface area contributed by atoms with Gasteiger partial charge in [-0.3, -0.25) is 4.90 Å². The van der Waals surface area contributed by atoms with Gasteiger partial charge in [0.15, 0.2) is 5.76 Å². The predicted octanol–water partition coefficient (Wildman–Crippen LogP) is 3.31. The van der Waals surface area contributed by atoms with Gasteiger partial charge in [-0.15, -0.1) is 0 Å². The number of likely N-dealkylation sites (tertiary alicyclic amines) is 1. The minimum atomic E-state index is -4.42. The average molecular weight is 326 g/mol. The molecule has 23 heavy (non-hydrogen) atoms. The molecule has 0 radical (unpaired) electrons. The van der Waals surface area contributed by atoms with E-state index in [0.29, 0.717) is 24.5 Å². The number of β-amino-alcohol motifs (C(OH)–C–C–N with tert-alkyl or cyclic N) is 1. The molecule has 1 aliphatic rings. The van der Waals surface area contributed by atoms with Crippen LogP contribution in [-0.4, -0.2) is 27.8 Å². The minimum absolute atomic E-state index is 0.188. The molecule has 1 aromatic carbocycles. The Bertz CT molecular complexity index is 684. The molecule has 0 bridgehead atoms. The summed E-state index contributed by atoms with van der Waals surface area (Å²) in [6.45, 7) is 2.40. The Morgan fingerprint density at radius 2 is 2.09 bits per heavy atom. The van der Waals surface area contributed by atoms with Crippen molar-refractivity contribution in [2.75, 3.05) is 6.54 Å². The third-order valence-corrected chi connectivity index (χ3v) is 4.04. The van der Waals surface area contributed by atoms with E-state index in [4.69, 9.17) is 4.52 Å². The fourth-order valence-electron chi connectivity index (χ4n) is 3.11. The summed E-state index contributed by atoms with van der Waals surface area (Å²) in [6.07, 6.45) is -4.82. The number of nitrogens with zero attached hydrogens (tertiary/aromatic N) is 2. The molecular formula is C16H17F3N2O2. The summed E-state index contributed by atoms with van der Waals surface area (Å²) in [4.78, 5) is 1.80. The van der Waals surface area contributed by atoms with Crippen LogP contribution in [0.2, 0.25) is 0 Å². The maximum atomic E-state index is 13.2. The molecule has 2 heterocycles. The molecule has 4 nitrogen and oxygen atoms in total. The highest BCUT2D eigenvalue weighted by Gasteiger charge is 2.39. The van der Waals surface area contributed by atoms with Crippen molar-refractivity contribution in [3.8, 4) is 0 Å². The van der Waals surface area contributed by atoms with E-state index >= 15 is 0 Å². The Balaban J connectivity index is 1.91. The molecule has 7 heteroatoms. The first kappa shape index (κ1) is 16.0. The van der Waals surface area contributed by atoms with Crippen molar-refractivity contribution in [2.45, 2.75) is 38.2 Å². The zero-order chi connectivity index (χ0) is 16.6. The minimum Gasteiger partial charge on any atom is -0.392 e. The number of aliphatic hydroxyl groups excluding tert-OH is 1. The van der Waals surface area contributed by atoms with Crippen molar-refractivity contribution < 1.29 is 22.8 Å². The van der Waals surface area contributed by atoms with E-state index in [2.05, 4.69) is 5.16 Å². The highest BCUT2D eigenvalue weighted by Crippen LogP contribution is 2.40. The number of aliphatic hydroxyl groups is 1. The van der Waals surface area contributed by atoms with Crippen LogP contribution in [0.15, 0.2) is 34.9 Å². The number of halogens is 3. The van der Waals surface area contributed by atoms with Crippen LogP contribution < -0.4 is 0 Å². The fourth-order valence-corrected chi connectivity index (χ4v) is 3.11. The largest absolute Gasteiger partial charge is 0.416 e. The molecule has 0 spiro atoms. The number of aromatic nitrogens is 1. The third kappa shape index (κ3) is 3.40. The number of benzene rings is 1. The normalized spacial score (nSPS) is 22.7. The molecule has 1 aromatic heterocycles. The second kappa shape index (κ2) is 5.98. The van der Waals surface area contributed by atoms with Crippen LogP contribution in [0, 0.1) is 6.92 Å². The molecule has 0 saturated carbocycles. The molecule has 1 saturated heterocycles. The molecule has 3 rings (SSSR count). The van der Waals surface area contributed by atoms with E-state index in [1.54, 1.807) is 24.0 Å². The van der Waals surface area contributed by atoms with Gasteiger partial charge in [-0.05, 0) is 25.0 Å². The van der Waals surface area contributed by atoms with Crippen LogP contribution in [0.1, 0.15) is 35.0 Å². The zero-order valence-corrected chi connectivity index (χ0v) is 12.5. The maximum absolute atomic E-state index is 13.2. The molecule has 2 atom stereocenters. The summed E-state index contributed by atoms with van der Waals surface area (Å²) < 4.78 is 44.9. The van der Waals surface area contributed by atoms with Gasteiger partial charge >= 0.3 is 6.18 Å². The van der Waals surface area contributed by atoms with E-state index in [-0.39, 0.29) is 12.0 Å². The monoisotopic (exact) mass is 326 g/mol. The van der Waals surface area contributed by atoms with E-state index in [1.807, 2.05) is 0 Å². The summed E-state index contributed by atoms with van der Waals surface area (Å²) in [5.74, 6) is 0.575. The number of hydrogen-bond acceptors (Lipinski definition) is 4. The Morgan fingerprint density at radius 3 is 2.74 bits per heavy atom. The third-order valence-electron chi connectivity index (χ3n) is 4.04. The average Bonchev–Trinajstić information content (AvgIpc) is 3.04. The SMILES string of the molecule is Cc1cc(CN2C[C@@H](O)C[C@@H]2c2ccccc2C(F)(F)F)on1. The summed E-state index contributed by atoms with van der Waals surface area (Å²) in [7, 11) is 0. The van der Waals surface area contributed by atoms with Crippen LogP contribution >= 0.6 is 0 Å². The van der Waals surface area contributed by atoms with Crippen molar-refractivity contribution in [3.05, 3.63) is 52.9 Å². The Hall–Kier alpha value is -1.86. The first-order valence-electron chi connectivity index (χ1n) is 7.35. The van der Waals surface area contributed by atoms with Gasteiger partial charge in [-0.25, -0.2) is 0 Å². The van der Waals surface area contributed by atoms with E-state index in [0.717, 1.165) is 6.07 Å². The Labute approximate surface area is 131 Å². The summed E-state index contributed by atoms with van der Waals surface area (Å²) >= 11 is 0. The zero-order valence-electron chi connectivity index (χ0n) is 12.5. The van der Waals surface area contributed by atoms with Crippen LogP contribution in [0.5, 0.6) is 0 Å². The van der Waals surface area contributed by atoms with Crippen LogP contribution in [0.3, 0.4) is 0 Å². The number of aryl methyl sites for hydroxylation is 1. The van der Waals surface area contributed by atoms with E-state index in [1.165, 1.54) is 12.1 Å². The van der Waals surface area contributed by atoms with Gasteiger partial charge in [0.25, 0.3) is 0 Å². The highest BCUT2D eigenvalue weighted by molar-refractivity contribution is 5.33. The van der Waals surface area contributed by atoms with Crippen molar-refractivity contribution >= 4 is 0 Å². The van der Waals surface area contributed by atoms with E-state index < -0.39 is 23.9 Å². The van der Waals surface area contributed by atoms with Gasteiger partial charge in [0.2, 0.25) is 0 Å². The lowest BCUT2D eigenvalue weighted by molar-refractivity contribution is -0.138. The summed E-state index contributed by atoms with van der Waals surface area (Å²) in [6, 6.07) is 6.76. The first-order valence-corrected chi connectivity index (χ1v) is 7.35. The van der Waals surface area contributed by atoms with Crippen molar-refractivity contribution in [1.29, 1.82) is 0 Å². The van der Waals surface area contributed by atoms with Gasteiger partial charge in [-0.1, -0.05) is 23.4 Å². The Morgan fingerprint density at radius 1 is 1.35 bits per heavy atom. The van der Waals surface area contributed by atoms with Crippen LogP contribution in [0.25, 0.3) is 0 Å². The summed E-state index contributed by atoms with van der Waals surface area (Å²) in [5.41, 5.74) is 0.248. The lowest BCUT2D eigenvalue weighted by atomic mass is 9.97. The molecule has 124 valence electrons. The van der Waals surface area contributed by atoms with Crippen molar-refractivity contribution in [1.82, 2.24) is 10.1 Å². The molecule has 2 aromatic rings. The molecule has 1 aliphatic heterocycles. The van der Waals surface area contributed by atoms with Gasteiger partial charge in [0.05, 0.1) is 23.9 Å². The molecular weight excluding hydrogens is 309 g/mol. The van der Waals surface area contributed by atoms with Crippen molar-refractivity contribution in [3.63, 3.8) is 0 Å². The highest BCUT2D eigenvalue weighted by atomic mass is 19.4. The second-order valence-corrected chi connectivity index (χ2v) is 5.85. The Kier molecular flexibility index (Phi) is 4.16. The lowest BCUT2D eigenvalue weighted by Crippen LogP contribution is -2.25. The lowest BCUT2D eigenvalue weighted by Gasteiger charge is -2.25. The fraction of sp³-hybridized carbons (Fsp3) is 0.438. The van der Waals surface area contributed by atoms with Gasteiger partial charge in [0, 0.05) is 18.7 Å². The number of hydrogen-bond donors (Lipinski definition) is 1. The quantitative estimate of drug-likeness (QED) is 0.940. The molecule has 0 unspecified atom stereocenters. The molecule has 0 amide bonds. The second-order valence-electron chi connectivity index (χ2n) is 5.85.